The lowest BCUT2D eigenvalue weighted by Crippen LogP contribution is -2.56. The Balaban J connectivity index is 1.13. The van der Waals surface area contributed by atoms with Gasteiger partial charge in [-0.2, -0.15) is 4.98 Å². The lowest BCUT2D eigenvalue weighted by Gasteiger charge is -2.39. The second-order valence-electron chi connectivity index (χ2n) is 11.6. The first-order chi connectivity index (χ1) is 18.8. The molecule has 4 aliphatic rings. The van der Waals surface area contributed by atoms with Gasteiger partial charge in [-0.05, 0) is 60.8 Å². The number of aliphatic hydroxyl groups is 1. The monoisotopic (exact) mass is 535 g/mol. The summed E-state index contributed by atoms with van der Waals surface area (Å²) in [6, 6.07) is 6.79. The van der Waals surface area contributed by atoms with Crippen LogP contribution in [-0.4, -0.2) is 87.8 Å². The second-order valence-corrected chi connectivity index (χ2v) is 11.6. The van der Waals surface area contributed by atoms with Crippen LogP contribution in [0.1, 0.15) is 47.8 Å². The third-order valence-electron chi connectivity index (χ3n) is 8.64. The van der Waals surface area contributed by atoms with Crippen molar-refractivity contribution in [3.8, 4) is 5.75 Å². The van der Waals surface area contributed by atoms with Gasteiger partial charge in [-0.1, -0.05) is 6.07 Å². The van der Waals surface area contributed by atoms with Crippen molar-refractivity contribution in [1.29, 1.82) is 0 Å². The van der Waals surface area contributed by atoms with Gasteiger partial charge >= 0.3 is 0 Å². The highest BCUT2D eigenvalue weighted by atomic mass is 16.3. The van der Waals surface area contributed by atoms with Gasteiger partial charge in [0.05, 0.1) is 12.1 Å². The number of piperidine rings is 1. The van der Waals surface area contributed by atoms with Gasteiger partial charge in [0.25, 0.3) is 5.91 Å². The molecule has 208 valence electrons. The maximum Gasteiger partial charge on any atom is 0.270 e. The van der Waals surface area contributed by atoms with Gasteiger partial charge in [-0.3, -0.25) is 9.59 Å². The first-order valence-corrected chi connectivity index (χ1v) is 14.0. The minimum atomic E-state index is -0.792. The van der Waals surface area contributed by atoms with Gasteiger partial charge in [-0.25, -0.2) is 4.98 Å². The van der Waals surface area contributed by atoms with E-state index in [1.165, 1.54) is 19.3 Å². The fourth-order valence-electron chi connectivity index (χ4n) is 6.40. The van der Waals surface area contributed by atoms with E-state index in [2.05, 4.69) is 25.8 Å². The third-order valence-corrected chi connectivity index (χ3v) is 8.64. The molecule has 1 aliphatic carbocycles. The van der Waals surface area contributed by atoms with Gasteiger partial charge in [-0.15, -0.1) is 0 Å². The molecule has 5 N–H and O–H groups in total. The average molecular weight is 536 g/mol. The van der Waals surface area contributed by atoms with Crippen molar-refractivity contribution < 1.29 is 19.8 Å². The van der Waals surface area contributed by atoms with E-state index < -0.39 is 6.10 Å². The van der Waals surface area contributed by atoms with Crippen LogP contribution < -0.4 is 20.9 Å². The standard InChI is InChI=1S/C28H37N7O4/c1-16(36)34-14-21(15-34)31-26-9-24(32-28(33-26)35-12-17-2-3-18(6-17)13-35)27(39)30-11-25(38)23-8-19-4-5-22(37)7-20(19)10-29-23/h4-5,7,9,17-18,21,23,25,29,37-38H,2-3,6,8,10-15H2,1H3,(H,30,39)(H,31,32,33)/t17?,18?,23-,25+/m0/s1. The number of amides is 2. The zero-order chi connectivity index (χ0) is 27.1. The van der Waals surface area contributed by atoms with Gasteiger partial charge in [0.15, 0.2) is 0 Å². The number of carbonyl (C=O) groups excluding carboxylic acids is 2. The van der Waals surface area contributed by atoms with Gasteiger partial charge in [0.1, 0.15) is 17.3 Å². The third kappa shape index (κ3) is 5.65. The van der Waals surface area contributed by atoms with E-state index in [4.69, 9.17) is 4.98 Å². The fraction of sp³-hybridized carbons (Fsp3) is 0.571. The van der Waals surface area contributed by atoms with Crippen molar-refractivity contribution in [2.45, 2.75) is 57.3 Å². The Labute approximate surface area is 228 Å². The summed E-state index contributed by atoms with van der Waals surface area (Å²) in [5.41, 5.74) is 2.35. The summed E-state index contributed by atoms with van der Waals surface area (Å²) < 4.78 is 0. The Morgan fingerprint density at radius 2 is 1.87 bits per heavy atom. The molecule has 4 heterocycles. The molecule has 2 bridgehead atoms. The summed E-state index contributed by atoms with van der Waals surface area (Å²) in [6.45, 7) is 5.19. The van der Waals surface area contributed by atoms with Crippen LogP contribution in [-0.2, 0) is 17.8 Å². The van der Waals surface area contributed by atoms with Crippen LogP contribution >= 0.6 is 0 Å². The van der Waals surface area contributed by atoms with Crippen LogP contribution in [0.2, 0.25) is 0 Å². The minimum absolute atomic E-state index is 0.0490. The molecule has 2 amide bonds. The number of hydrogen-bond donors (Lipinski definition) is 5. The molecule has 1 aromatic carbocycles. The lowest BCUT2D eigenvalue weighted by atomic mass is 9.92. The summed E-state index contributed by atoms with van der Waals surface area (Å²) in [4.78, 5) is 38.2. The van der Waals surface area contributed by atoms with Crippen molar-refractivity contribution in [2.75, 3.05) is 42.9 Å². The van der Waals surface area contributed by atoms with E-state index in [0.717, 1.165) is 24.2 Å². The molecule has 0 radical (unpaired) electrons. The molecule has 11 heteroatoms. The Kier molecular flexibility index (Phi) is 7.03. The summed E-state index contributed by atoms with van der Waals surface area (Å²) in [6.07, 6.45) is 3.53. The van der Waals surface area contributed by atoms with Crippen LogP contribution in [0.25, 0.3) is 0 Å². The summed E-state index contributed by atoms with van der Waals surface area (Å²) in [7, 11) is 0. The van der Waals surface area contributed by atoms with E-state index in [9.17, 15) is 19.8 Å². The average Bonchev–Trinajstić information content (AvgIpc) is 3.25. The summed E-state index contributed by atoms with van der Waals surface area (Å²) in [5.74, 6) is 2.33. The second kappa shape index (κ2) is 10.6. The fourth-order valence-corrected chi connectivity index (χ4v) is 6.40. The Morgan fingerprint density at radius 1 is 1.10 bits per heavy atom. The van der Waals surface area contributed by atoms with E-state index in [1.54, 1.807) is 30.0 Å². The number of phenolic OH excluding ortho intramolecular Hbond substituents is 1. The number of carbonyl (C=O) groups is 2. The number of rotatable bonds is 7. The minimum Gasteiger partial charge on any atom is -0.508 e. The number of nitrogens with zero attached hydrogens (tertiary/aromatic N) is 4. The van der Waals surface area contributed by atoms with Crippen LogP contribution in [0, 0.1) is 11.8 Å². The topological polar surface area (TPSA) is 143 Å². The molecule has 1 saturated carbocycles. The molecule has 2 aromatic rings. The molecular weight excluding hydrogens is 498 g/mol. The molecule has 0 spiro atoms. The van der Waals surface area contributed by atoms with Crippen molar-refractivity contribution >= 4 is 23.6 Å². The van der Waals surface area contributed by atoms with Crippen molar-refractivity contribution in [3.63, 3.8) is 0 Å². The molecular formula is C28H37N7O4. The first-order valence-electron chi connectivity index (χ1n) is 14.0. The molecule has 39 heavy (non-hydrogen) atoms. The zero-order valence-electron chi connectivity index (χ0n) is 22.3. The molecule has 2 saturated heterocycles. The SMILES string of the molecule is CC(=O)N1CC(Nc2cc(C(=O)NC[C@@H](O)[C@@H]3Cc4ccc(O)cc4CN3)nc(N3CC4CCC(C4)C3)n2)C1. The number of phenols is 1. The zero-order valence-corrected chi connectivity index (χ0v) is 22.3. The molecule has 3 aliphatic heterocycles. The van der Waals surface area contributed by atoms with E-state index >= 15 is 0 Å². The Hall–Kier alpha value is -3.44. The highest BCUT2D eigenvalue weighted by Gasteiger charge is 2.35. The van der Waals surface area contributed by atoms with E-state index in [0.29, 0.717) is 49.7 Å². The highest BCUT2D eigenvalue weighted by Crippen LogP contribution is 2.37. The predicted octanol–water partition coefficient (Wildman–Crippen LogP) is 0.866. The largest absolute Gasteiger partial charge is 0.508 e. The number of nitrogens with one attached hydrogen (secondary N) is 3. The van der Waals surface area contributed by atoms with Gasteiger partial charge in [0, 0.05) is 58.3 Å². The number of hydrogen-bond acceptors (Lipinski definition) is 9. The number of aromatic hydroxyl groups is 1. The van der Waals surface area contributed by atoms with Crippen LogP contribution in [0.3, 0.4) is 0 Å². The van der Waals surface area contributed by atoms with Crippen molar-refractivity contribution in [1.82, 2.24) is 25.5 Å². The molecule has 6 rings (SSSR count). The van der Waals surface area contributed by atoms with Crippen molar-refractivity contribution in [3.05, 3.63) is 41.1 Å². The lowest BCUT2D eigenvalue weighted by molar-refractivity contribution is -0.132. The number of likely N-dealkylation sites (tertiary alicyclic amines) is 1. The highest BCUT2D eigenvalue weighted by molar-refractivity contribution is 5.93. The predicted molar refractivity (Wildman–Crippen MR) is 146 cm³/mol. The number of anilines is 2. The maximum absolute atomic E-state index is 13.2. The van der Waals surface area contributed by atoms with Crippen LogP contribution in [0.4, 0.5) is 11.8 Å². The normalized spacial score (nSPS) is 25.0. The van der Waals surface area contributed by atoms with Crippen LogP contribution in [0.5, 0.6) is 5.75 Å². The summed E-state index contributed by atoms with van der Waals surface area (Å²) in [5, 5.41) is 30.1. The number of aliphatic hydroxyl groups excluding tert-OH is 1. The Morgan fingerprint density at radius 3 is 2.62 bits per heavy atom. The van der Waals surface area contributed by atoms with E-state index in [1.807, 2.05) is 6.07 Å². The summed E-state index contributed by atoms with van der Waals surface area (Å²) >= 11 is 0. The number of aromatic nitrogens is 2. The van der Waals surface area contributed by atoms with Crippen molar-refractivity contribution in [2.24, 2.45) is 11.8 Å². The molecule has 1 aromatic heterocycles. The van der Waals surface area contributed by atoms with Crippen LogP contribution in [0.15, 0.2) is 24.3 Å². The number of benzene rings is 1. The Bertz CT molecular complexity index is 1240. The number of fused-ring (bicyclic) bond motifs is 3. The maximum atomic E-state index is 13.2. The smallest absolute Gasteiger partial charge is 0.270 e. The molecule has 11 nitrogen and oxygen atoms in total. The van der Waals surface area contributed by atoms with E-state index in [-0.39, 0.29) is 41.9 Å². The van der Waals surface area contributed by atoms with Gasteiger partial charge in [0.2, 0.25) is 11.9 Å². The quantitative estimate of drug-likeness (QED) is 0.349. The first kappa shape index (κ1) is 25.8. The molecule has 4 atom stereocenters. The van der Waals surface area contributed by atoms with Gasteiger partial charge < -0.3 is 36.0 Å². The molecule has 2 unspecified atom stereocenters. The molecule has 3 fully saturated rings.